The maximum Gasteiger partial charge on any atom is 0.148 e. The van der Waals surface area contributed by atoms with Crippen molar-refractivity contribution in [3.63, 3.8) is 0 Å². The Bertz CT molecular complexity index is 812. The minimum atomic E-state index is 0.439. The van der Waals surface area contributed by atoms with Crippen molar-refractivity contribution in [1.82, 2.24) is 14.5 Å². The number of aromatic nitrogens is 2. The first-order valence-corrected chi connectivity index (χ1v) is 9.14. The zero-order valence-electron chi connectivity index (χ0n) is 14.8. The van der Waals surface area contributed by atoms with Gasteiger partial charge in [0.1, 0.15) is 18.2 Å². The Morgan fingerprint density at radius 3 is 2.56 bits per heavy atom. The highest BCUT2D eigenvalue weighted by Gasteiger charge is 2.13. The van der Waals surface area contributed by atoms with Gasteiger partial charge in [-0.1, -0.05) is 43.6 Å². The number of hydrogen-bond acceptors (Lipinski definition) is 3. The lowest BCUT2D eigenvalue weighted by atomic mass is 10.3. The van der Waals surface area contributed by atoms with Gasteiger partial charge in [-0.15, -0.1) is 0 Å². The number of rotatable bonds is 8. The summed E-state index contributed by atoms with van der Waals surface area (Å²) in [5, 5.41) is 0.705. The zero-order chi connectivity index (χ0) is 17.6. The summed E-state index contributed by atoms with van der Waals surface area (Å²) in [6, 6.07) is 15.7. The number of halogens is 1. The van der Waals surface area contributed by atoms with Crippen LogP contribution in [0.3, 0.4) is 0 Å². The molecule has 0 aliphatic rings. The molecule has 0 aliphatic carbocycles. The Hall–Kier alpha value is -2.04. The molecule has 0 atom stereocenters. The first-order valence-electron chi connectivity index (χ1n) is 8.76. The van der Waals surface area contributed by atoms with Gasteiger partial charge < -0.3 is 14.2 Å². The van der Waals surface area contributed by atoms with Crippen LogP contribution in [0.4, 0.5) is 0 Å². The first-order chi connectivity index (χ1) is 12.2. The molecule has 5 heteroatoms. The molecule has 1 aromatic heterocycles. The normalized spacial score (nSPS) is 11.4. The van der Waals surface area contributed by atoms with Crippen molar-refractivity contribution in [3.8, 4) is 5.75 Å². The third kappa shape index (κ3) is 4.33. The molecule has 0 unspecified atom stereocenters. The van der Waals surface area contributed by atoms with Crippen LogP contribution in [0.15, 0.2) is 48.5 Å². The number of benzene rings is 2. The van der Waals surface area contributed by atoms with Crippen LogP contribution in [-0.4, -0.2) is 34.1 Å². The predicted molar refractivity (Wildman–Crippen MR) is 103 cm³/mol. The summed E-state index contributed by atoms with van der Waals surface area (Å²) in [6.45, 7) is 8.78. The van der Waals surface area contributed by atoms with Crippen molar-refractivity contribution >= 4 is 22.6 Å². The third-order valence-corrected chi connectivity index (χ3v) is 4.67. The molecule has 0 bridgehead atoms. The second kappa shape index (κ2) is 8.37. The Morgan fingerprint density at radius 1 is 1.08 bits per heavy atom. The van der Waals surface area contributed by atoms with E-state index in [0.29, 0.717) is 11.6 Å². The van der Waals surface area contributed by atoms with Gasteiger partial charge in [0.05, 0.1) is 11.0 Å². The van der Waals surface area contributed by atoms with E-state index >= 15 is 0 Å². The van der Waals surface area contributed by atoms with Gasteiger partial charge in [0.2, 0.25) is 0 Å². The van der Waals surface area contributed by atoms with E-state index in [1.165, 1.54) is 0 Å². The first kappa shape index (κ1) is 17.8. The second-order valence-corrected chi connectivity index (χ2v) is 6.38. The van der Waals surface area contributed by atoms with Crippen LogP contribution in [0.5, 0.6) is 5.75 Å². The third-order valence-electron chi connectivity index (χ3n) is 4.43. The molecule has 0 spiro atoms. The molecular formula is C20H24ClN3O. The Labute approximate surface area is 154 Å². The minimum absolute atomic E-state index is 0.439. The van der Waals surface area contributed by atoms with E-state index in [1.54, 1.807) is 0 Å². The topological polar surface area (TPSA) is 30.3 Å². The van der Waals surface area contributed by atoms with Crippen molar-refractivity contribution in [2.75, 3.05) is 19.6 Å². The molecular weight excluding hydrogens is 334 g/mol. The lowest BCUT2D eigenvalue weighted by molar-refractivity contribution is 0.271. The second-order valence-electron chi connectivity index (χ2n) is 5.94. The van der Waals surface area contributed by atoms with E-state index in [1.807, 2.05) is 48.5 Å². The number of nitrogens with zero attached hydrogens (tertiary/aromatic N) is 3. The van der Waals surface area contributed by atoms with Crippen LogP contribution in [0.2, 0.25) is 5.02 Å². The molecule has 2 aromatic carbocycles. The van der Waals surface area contributed by atoms with Crippen molar-refractivity contribution in [2.24, 2.45) is 0 Å². The number of hydrogen-bond donors (Lipinski definition) is 0. The standard InChI is InChI=1S/C20H24ClN3O/c1-3-23(4-2)12-13-24-19-11-10-16(21)14-18(19)22-20(24)15-25-17-8-6-5-7-9-17/h5-11,14H,3-4,12-13,15H2,1-2H3. The molecule has 0 N–H and O–H groups in total. The van der Waals surface area contributed by atoms with Gasteiger partial charge in [0.25, 0.3) is 0 Å². The Balaban J connectivity index is 1.85. The van der Waals surface area contributed by atoms with E-state index < -0.39 is 0 Å². The zero-order valence-corrected chi connectivity index (χ0v) is 15.5. The molecule has 0 saturated carbocycles. The maximum atomic E-state index is 6.14. The average molecular weight is 358 g/mol. The highest BCUT2D eigenvalue weighted by atomic mass is 35.5. The summed E-state index contributed by atoms with van der Waals surface area (Å²) in [6.07, 6.45) is 0. The monoisotopic (exact) mass is 357 g/mol. The van der Waals surface area contributed by atoms with Crippen LogP contribution in [0, 0.1) is 0 Å². The summed E-state index contributed by atoms with van der Waals surface area (Å²) < 4.78 is 8.17. The fourth-order valence-corrected chi connectivity index (χ4v) is 3.12. The Morgan fingerprint density at radius 2 is 1.84 bits per heavy atom. The lowest BCUT2D eigenvalue weighted by Gasteiger charge is -2.19. The van der Waals surface area contributed by atoms with E-state index in [4.69, 9.17) is 21.3 Å². The smallest absolute Gasteiger partial charge is 0.148 e. The van der Waals surface area contributed by atoms with Gasteiger partial charge >= 0.3 is 0 Å². The highest BCUT2D eigenvalue weighted by Crippen LogP contribution is 2.22. The molecule has 4 nitrogen and oxygen atoms in total. The predicted octanol–water partition coefficient (Wildman–Crippen LogP) is 4.61. The number of ether oxygens (including phenoxy) is 1. The molecule has 0 aliphatic heterocycles. The lowest BCUT2D eigenvalue weighted by Crippen LogP contribution is -2.27. The summed E-state index contributed by atoms with van der Waals surface area (Å²) >= 11 is 6.14. The molecule has 3 aromatic rings. The van der Waals surface area contributed by atoms with Gasteiger partial charge in [-0.05, 0) is 43.4 Å². The largest absolute Gasteiger partial charge is 0.486 e. The van der Waals surface area contributed by atoms with Gasteiger partial charge in [0.15, 0.2) is 0 Å². The van der Waals surface area contributed by atoms with Crippen molar-refractivity contribution < 1.29 is 4.74 Å². The van der Waals surface area contributed by atoms with Crippen LogP contribution in [-0.2, 0) is 13.2 Å². The highest BCUT2D eigenvalue weighted by molar-refractivity contribution is 6.31. The molecule has 0 radical (unpaired) electrons. The van der Waals surface area contributed by atoms with Crippen LogP contribution in [0.25, 0.3) is 11.0 Å². The van der Waals surface area contributed by atoms with Gasteiger partial charge in [0, 0.05) is 18.1 Å². The van der Waals surface area contributed by atoms with E-state index in [9.17, 15) is 0 Å². The fourth-order valence-electron chi connectivity index (χ4n) is 2.96. The molecule has 0 fully saturated rings. The summed E-state index contributed by atoms with van der Waals surface area (Å²) in [5.41, 5.74) is 2.02. The van der Waals surface area contributed by atoms with Gasteiger partial charge in [-0.25, -0.2) is 4.98 Å². The number of imidazole rings is 1. The molecule has 25 heavy (non-hydrogen) atoms. The van der Waals surface area contributed by atoms with E-state index in [0.717, 1.165) is 48.8 Å². The summed E-state index contributed by atoms with van der Waals surface area (Å²) in [5.74, 6) is 1.77. The van der Waals surface area contributed by atoms with E-state index in [-0.39, 0.29) is 0 Å². The van der Waals surface area contributed by atoms with Crippen LogP contribution in [0.1, 0.15) is 19.7 Å². The van der Waals surface area contributed by atoms with Crippen molar-refractivity contribution in [3.05, 3.63) is 59.4 Å². The molecule has 1 heterocycles. The van der Waals surface area contributed by atoms with Crippen molar-refractivity contribution in [1.29, 1.82) is 0 Å². The molecule has 0 amide bonds. The SMILES string of the molecule is CCN(CC)CCn1c(COc2ccccc2)nc2cc(Cl)ccc21. The Kier molecular flexibility index (Phi) is 5.95. The van der Waals surface area contributed by atoms with Crippen LogP contribution < -0.4 is 4.74 Å². The molecule has 132 valence electrons. The summed E-state index contributed by atoms with van der Waals surface area (Å²) in [7, 11) is 0. The quantitative estimate of drug-likeness (QED) is 0.589. The number of fused-ring (bicyclic) bond motifs is 1. The van der Waals surface area contributed by atoms with Gasteiger partial charge in [-0.3, -0.25) is 0 Å². The average Bonchev–Trinajstić information content (AvgIpc) is 2.98. The molecule has 3 rings (SSSR count). The van der Waals surface area contributed by atoms with Gasteiger partial charge in [-0.2, -0.15) is 0 Å². The number of para-hydroxylation sites is 1. The number of likely N-dealkylation sites (N-methyl/N-ethyl adjacent to an activating group) is 1. The van der Waals surface area contributed by atoms with Crippen molar-refractivity contribution in [2.45, 2.75) is 27.0 Å². The minimum Gasteiger partial charge on any atom is -0.486 e. The fraction of sp³-hybridized carbons (Fsp3) is 0.350. The van der Waals surface area contributed by atoms with E-state index in [2.05, 4.69) is 23.3 Å². The molecule has 0 saturated heterocycles. The summed E-state index contributed by atoms with van der Waals surface area (Å²) in [4.78, 5) is 7.16. The van der Waals surface area contributed by atoms with Crippen LogP contribution >= 0.6 is 11.6 Å². The maximum absolute atomic E-state index is 6.14.